The number of fused-ring (bicyclic) bond motifs is 1. The van der Waals surface area contributed by atoms with Crippen molar-refractivity contribution in [3.05, 3.63) is 18.2 Å². The van der Waals surface area contributed by atoms with Crippen LogP contribution >= 0.6 is 11.8 Å². The van der Waals surface area contributed by atoms with E-state index in [0.717, 1.165) is 6.42 Å². The maximum atomic E-state index is 12.4. The van der Waals surface area contributed by atoms with Crippen LogP contribution in [0.4, 0.5) is 5.69 Å². The molecule has 2 amide bonds. The molecule has 0 saturated carbocycles. The van der Waals surface area contributed by atoms with Gasteiger partial charge in [-0.3, -0.25) is 9.59 Å². The van der Waals surface area contributed by atoms with E-state index in [4.69, 9.17) is 14.2 Å². The van der Waals surface area contributed by atoms with Crippen LogP contribution in [0.3, 0.4) is 0 Å². The average molecular weight is 394 g/mol. The summed E-state index contributed by atoms with van der Waals surface area (Å²) >= 11 is 1.58. The van der Waals surface area contributed by atoms with Crippen molar-refractivity contribution in [1.82, 2.24) is 4.90 Å². The Morgan fingerprint density at radius 2 is 2.11 bits per heavy atom. The second-order valence-electron chi connectivity index (χ2n) is 6.49. The van der Waals surface area contributed by atoms with Crippen LogP contribution in [-0.4, -0.2) is 60.2 Å². The summed E-state index contributed by atoms with van der Waals surface area (Å²) in [6.07, 6.45) is 1.16. The smallest absolute Gasteiger partial charge is 0.330 e. The van der Waals surface area contributed by atoms with Crippen LogP contribution in [-0.2, 0) is 19.1 Å². The van der Waals surface area contributed by atoms with E-state index in [1.807, 2.05) is 6.92 Å². The molecule has 2 aliphatic heterocycles. The Morgan fingerprint density at radius 1 is 1.33 bits per heavy atom. The highest BCUT2D eigenvalue weighted by atomic mass is 32.2. The first-order chi connectivity index (χ1) is 12.9. The molecule has 9 heteroatoms. The second kappa shape index (κ2) is 7.67. The number of benzene rings is 1. The van der Waals surface area contributed by atoms with Crippen LogP contribution in [0.2, 0.25) is 0 Å². The first-order valence-corrected chi connectivity index (χ1v) is 9.51. The second-order valence-corrected chi connectivity index (χ2v) is 7.99. The van der Waals surface area contributed by atoms with Crippen LogP contribution in [0.5, 0.6) is 11.5 Å². The summed E-state index contributed by atoms with van der Waals surface area (Å²) in [5.41, 5.74) is 0.443. The molecule has 2 heterocycles. The number of nitrogens with one attached hydrogen (secondary N) is 1. The van der Waals surface area contributed by atoms with Crippen LogP contribution in [0.25, 0.3) is 0 Å². The summed E-state index contributed by atoms with van der Waals surface area (Å²) in [7, 11) is 3.01. The number of rotatable bonds is 6. The molecule has 0 bridgehead atoms. The summed E-state index contributed by atoms with van der Waals surface area (Å²) in [6.45, 7) is 1.52. The summed E-state index contributed by atoms with van der Waals surface area (Å²) in [5, 5.41) is 2.64. The molecule has 2 atom stereocenters. The number of anilines is 1. The van der Waals surface area contributed by atoms with Gasteiger partial charge in [0.05, 0.1) is 24.8 Å². The van der Waals surface area contributed by atoms with Crippen molar-refractivity contribution in [2.24, 2.45) is 0 Å². The third kappa shape index (κ3) is 3.83. The quantitative estimate of drug-likeness (QED) is 0.733. The minimum atomic E-state index is -0.640. The van der Waals surface area contributed by atoms with E-state index < -0.39 is 24.5 Å². The van der Waals surface area contributed by atoms with E-state index in [-0.39, 0.29) is 10.8 Å². The Morgan fingerprint density at radius 3 is 2.81 bits per heavy atom. The lowest BCUT2D eigenvalue weighted by Gasteiger charge is -2.29. The molecule has 146 valence electrons. The van der Waals surface area contributed by atoms with Crippen molar-refractivity contribution >= 4 is 35.2 Å². The largest absolute Gasteiger partial charge is 0.497 e. The molecular weight excluding hydrogens is 372 g/mol. The zero-order valence-corrected chi connectivity index (χ0v) is 16.3. The zero-order chi connectivity index (χ0) is 19.6. The number of amides is 2. The molecular formula is C18H22N2O6S. The number of carbonyl (C=O) groups is 3. The molecule has 1 aromatic carbocycles. The van der Waals surface area contributed by atoms with E-state index in [2.05, 4.69) is 5.32 Å². The fourth-order valence-electron chi connectivity index (χ4n) is 3.32. The van der Waals surface area contributed by atoms with Crippen molar-refractivity contribution in [2.45, 2.75) is 30.7 Å². The lowest BCUT2D eigenvalue weighted by atomic mass is 10.2. The molecule has 0 radical (unpaired) electrons. The summed E-state index contributed by atoms with van der Waals surface area (Å²) in [4.78, 5) is 37.9. The van der Waals surface area contributed by atoms with Crippen LogP contribution in [0, 0.1) is 0 Å². The van der Waals surface area contributed by atoms with Gasteiger partial charge in [0.2, 0.25) is 5.91 Å². The van der Waals surface area contributed by atoms with Gasteiger partial charge < -0.3 is 24.4 Å². The number of hydrogen-bond donors (Lipinski definition) is 1. The number of nitrogens with zero attached hydrogens (tertiary/aromatic N) is 1. The van der Waals surface area contributed by atoms with Gasteiger partial charge in [-0.05, 0) is 25.5 Å². The van der Waals surface area contributed by atoms with E-state index >= 15 is 0 Å². The molecule has 1 aromatic rings. The maximum absolute atomic E-state index is 12.4. The van der Waals surface area contributed by atoms with Gasteiger partial charge >= 0.3 is 5.97 Å². The zero-order valence-electron chi connectivity index (χ0n) is 15.4. The lowest BCUT2D eigenvalue weighted by molar-refractivity contribution is -0.155. The molecule has 27 heavy (non-hydrogen) atoms. The highest BCUT2D eigenvalue weighted by Gasteiger charge is 2.53. The normalized spacial score (nSPS) is 23.7. The van der Waals surface area contributed by atoms with Crippen LogP contribution in [0.1, 0.15) is 19.8 Å². The number of thioether (sulfide) groups is 1. The van der Waals surface area contributed by atoms with Gasteiger partial charge in [-0.2, -0.15) is 0 Å². The van der Waals surface area contributed by atoms with Gasteiger partial charge in [0, 0.05) is 18.2 Å². The third-order valence-corrected chi connectivity index (χ3v) is 6.25. The molecule has 2 aliphatic rings. The Kier molecular flexibility index (Phi) is 5.50. The highest BCUT2D eigenvalue weighted by molar-refractivity contribution is 8.01. The number of carbonyl (C=O) groups excluding carboxylic acids is 3. The number of hydrogen-bond acceptors (Lipinski definition) is 7. The number of ether oxygens (including phenoxy) is 3. The summed E-state index contributed by atoms with van der Waals surface area (Å²) < 4.78 is 15.5. The Labute approximate surface area is 161 Å². The fraction of sp³-hybridized carbons (Fsp3) is 0.500. The van der Waals surface area contributed by atoms with Gasteiger partial charge in [-0.15, -0.1) is 11.8 Å². The fourth-order valence-corrected chi connectivity index (χ4v) is 4.73. The predicted molar refractivity (Wildman–Crippen MR) is 99.9 cm³/mol. The first kappa shape index (κ1) is 19.3. The van der Waals surface area contributed by atoms with Gasteiger partial charge in [0.15, 0.2) is 6.61 Å². The third-order valence-electron chi connectivity index (χ3n) is 4.75. The minimum Gasteiger partial charge on any atom is -0.497 e. The Hall–Kier alpha value is -2.42. The van der Waals surface area contributed by atoms with Gasteiger partial charge in [-0.1, -0.05) is 0 Å². The molecule has 8 nitrogen and oxygen atoms in total. The molecule has 2 fully saturated rings. The maximum Gasteiger partial charge on any atom is 0.330 e. The van der Waals surface area contributed by atoms with Crippen LogP contribution in [0.15, 0.2) is 18.2 Å². The number of esters is 1. The average Bonchev–Trinajstić information content (AvgIpc) is 3.16. The predicted octanol–water partition coefficient (Wildman–Crippen LogP) is 1.64. The monoisotopic (exact) mass is 394 g/mol. The van der Waals surface area contributed by atoms with Crippen molar-refractivity contribution in [3.63, 3.8) is 0 Å². The van der Waals surface area contributed by atoms with Crippen molar-refractivity contribution < 1.29 is 28.6 Å². The van der Waals surface area contributed by atoms with E-state index in [1.165, 1.54) is 14.2 Å². The van der Waals surface area contributed by atoms with Gasteiger partial charge in [0.25, 0.3) is 5.91 Å². The van der Waals surface area contributed by atoms with E-state index in [0.29, 0.717) is 29.4 Å². The molecule has 0 unspecified atom stereocenters. The lowest BCUT2D eigenvalue weighted by Crippen LogP contribution is -2.47. The summed E-state index contributed by atoms with van der Waals surface area (Å²) in [5.74, 6) is 0.408. The van der Waals surface area contributed by atoms with Crippen LogP contribution < -0.4 is 14.8 Å². The Bertz CT molecular complexity index is 770. The SMILES string of the molecule is COc1ccc(NC(=O)COC(=O)[C@H]2CS[C@@]3(C)CCC(=O)N23)c(OC)c1. The minimum absolute atomic E-state index is 0.0446. The van der Waals surface area contributed by atoms with Gasteiger partial charge in [0.1, 0.15) is 17.5 Å². The number of methoxy groups -OCH3 is 2. The molecule has 3 rings (SSSR count). The van der Waals surface area contributed by atoms with E-state index in [1.54, 1.807) is 34.9 Å². The van der Waals surface area contributed by atoms with Crippen molar-refractivity contribution in [2.75, 3.05) is 31.9 Å². The molecule has 0 spiro atoms. The van der Waals surface area contributed by atoms with E-state index in [9.17, 15) is 14.4 Å². The first-order valence-electron chi connectivity index (χ1n) is 8.52. The molecule has 0 aromatic heterocycles. The topological polar surface area (TPSA) is 94.2 Å². The highest BCUT2D eigenvalue weighted by Crippen LogP contribution is 2.47. The van der Waals surface area contributed by atoms with Crippen molar-refractivity contribution in [1.29, 1.82) is 0 Å². The Balaban J connectivity index is 1.57. The molecule has 2 saturated heterocycles. The molecule has 0 aliphatic carbocycles. The molecule has 1 N–H and O–H groups in total. The standard InChI is InChI=1S/C18H22N2O6S/c1-18-7-6-16(22)20(18)13(10-27-18)17(23)26-9-15(21)19-12-5-4-11(24-2)8-14(12)25-3/h4-5,8,13H,6-7,9-10H2,1-3H3,(H,19,21)/t13-,18+/m1/s1. The summed E-state index contributed by atoms with van der Waals surface area (Å²) in [6, 6.07) is 4.31. The van der Waals surface area contributed by atoms with Crippen molar-refractivity contribution in [3.8, 4) is 11.5 Å². The van der Waals surface area contributed by atoms with Gasteiger partial charge in [-0.25, -0.2) is 4.79 Å².